The number of Topliss-reactive ketones (excluding diaryl/α,β-unsaturated/α-hetero) is 1. The molecule has 3 nitrogen and oxygen atoms in total. The minimum Gasteiger partial charge on any atom is -0.326 e. The molecule has 0 saturated heterocycles. The van der Waals surface area contributed by atoms with E-state index in [9.17, 15) is 22.8 Å². The fourth-order valence-electron chi connectivity index (χ4n) is 7.88. The van der Waals surface area contributed by atoms with Crippen molar-refractivity contribution in [3.63, 3.8) is 0 Å². The SMILES string of the molecule is C[C@]12CCC(=O)CC1=CCC1C2CC[C@@]2(C)C1CC[C@@H]2C(=O)Nc1ccc(C(F)(F)F)cc1. The first-order valence-electron chi connectivity index (χ1n) is 12.2. The van der Waals surface area contributed by atoms with Gasteiger partial charge < -0.3 is 5.32 Å². The van der Waals surface area contributed by atoms with Crippen LogP contribution in [0, 0.1) is 34.5 Å². The summed E-state index contributed by atoms with van der Waals surface area (Å²) in [5.41, 5.74) is 1.06. The molecule has 3 fully saturated rings. The van der Waals surface area contributed by atoms with Crippen LogP contribution in [-0.2, 0) is 15.8 Å². The summed E-state index contributed by atoms with van der Waals surface area (Å²) < 4.78 is 38.5. The quantitative estimate of drug-likeness (QED) is 0.495. The van der Waals surface area contributed by atoms with E-state index >= 15 is 0 Å². The van der Waals surface area contributed by atoms with E-state index in [1.807, 2.05) is 0 Å². The highest BCUT2D eigenvalue weighted by Crippen LogP contribution is 2.66. The van der Waals surface area contributed by atoms with Crippen LogP contribution < -0.4 is 5.32 Å². The van der Waals surface area contributed by atoms with Crippen LogP contribution in [0.25, 0.3) is 0 Å². The maximum Gasteiger partial charge on any atom is 0.416 e. The monoisotopic (exact) mass is 459 g/mol. The summed E-state index contributed by atoms with van der Waals surface area (Å²) in [6, 6.07) is 4.71. The highest BCUT2D eigenvalue weighted by molar-refractivity contribution is 5.93. The Morgan fingerprint density at radius 3 is 2.45 bits per heavy atom. The van der Waals surface area contributed by atoms with Crippen LogP contribution >= 0.6 is 0 Å². The largest absolute Gasteiger partial charge is 0.416 e. The molecule has 0 bridgehead atoms. The number of alkyl halides is 3. The van der Waals surface area contributed by atoms with Gasteiger partial charge in [-0.15, -0.1) is 0 Å². The van der Waals surface area contributed by atoms with E-state index in [0.717, 1.165) is 50.7 Å². The zero-order valence-electron chi connectivity index (χ0n) is 19.3. The van der Waals surface area contributed by atoms with E-state index in [-0.39, 0.29) is 22.7 Å². The number of fused-ring (bicyclic) bond motifs is 5. The van der Waals surface area contributed by atoms with Gasteiger partial charge in [-0.1, -0.05) is 25.5 Å². The molecule has 1 aromatic carbocycles. The Hall–Kier alpha value is -2.11. The average Bonchev–Trinajstić information content (AvgIpc) is 3.11. The third-order valence-corrected chi connectivity index (χ3v) is 9.73. The molecular formula is C27H32F3NO2. The smallest absolute Gasteiger partial charge is 0.326 e. The van der Waals surface area contributed by atoms with Crippen molar-refractivity contribution in [1.82, 2.24) is 0 Å². The Kier molecular flexibility index (Phi) is 5.30. The third kappa shape index (κ3) is 3.64. The number of anilines is 1. The fraction of sp³-hybridized carbons (Fsp3) is 0.630. The van der Waals surface area contributed by atoms with E-state index in [0.29, 0.717) is 42.1 Å². The molecule has 4 aliphatic carbocycles. The molecule has 33 heavy (non-hydrogen) atoms. The highest BCUT2D eigenvalue weighted by Gasteiger charge is 2.59. The number of carbonyl (C=O) groups excluding carboxylic acids is 2. The second-order valence-corrected chi connectivity index (χ2v) is 11.2. The molecule has 5 rings (SSSR count). The van der Waals surface area contributed by atoms with Crippen LogP contribution in [0.15, 0.2) is 35.9 Å². The Morgan fingerprint density at radius 1 is 1.03 bits per heavy atom. The number of benzene rings is 1. The molecule has 0 heterocycles. The summed E-state index contributed by atoms with van der Waals surface area (Å²) in [4.78, 5) is 25.3. The lowest BCUT2D eigenvalue weighted by Crippen LogP contribution is -2.51. The molecule has 1 aromatic rings. The van der Waals surface area contributed by atoms with Crippen LogP contribution in [0.1, 0.15) is 70.8 Å². The summed E-state index contributed by atoms with van der Waals surface area (Å²) in [5.74, 6) is 1.73. The Bertz CT molecular complexity index is 998. The van der Waals surface area contributed by atoms with E-state index in [1.54, 1.807) is 0 Å². The predicted molar refractivity (Wildman–Crippen MR) is 120 cm³/mol. The van der Waals surface area contributed by atoms with Gasteiger partial charge in [0.25, 0.3) is 0 Å². The molecule has 6 atom stereocenters. The van der Waals surface area contributed by atoms with Crippen molar-refractivity contribution in [2.75, 3.05) is 5.32 Å². The Morgan fingerprint density at radius 2 is 1.76 bits per heavy atom. The van der Waals surface area contributed by atoms with Gasteiger partial charge in [0.15, 0.2) is 0 Å². The van der Waals surface area contributed by atoms with Crippen molar-refractivity contribution in [2.24, 2.45) is 34.5 Å². The number of rotatable bonds is 2. The van der Waals surface area contributed by atoms with Gasteiger partial charge in [0, 0.05) is 24.4 Å². The first-order chi connectivity index (χ1) is 15.5. The molecule has 0 aromatic heterocycles. The van der Waals surface area contributed by atoms with Crippen molar-refractivity contribution in [3.8, 4) is 0 Å². The number of allylic oxidation sites excluding steroid dienone is 2. The molecule has 0 aliphatic heterocycles. The summed E-state index contributed by atoms with van der Waals surface area (Å²) in [5, 5.41) is 2.89. The number of halogens is 3. The fourth-order valence-corrected chi connectivity index (χ4v) is 7.88. The minimum atomic E-state index is -4.39. The van der Waals surface area contributed by atoms with Gasteiger partial charge >= 0.3 is 6.18 Å². The van der Waals surface area contributed by atoms with Crippen molar-refractivity contribution >= 4 is 17.4 Å². The molecule has 6 heteroatoms. The number of hydrogen-bond donors (Lipinski definition) is 1. The Labute approximate surface area is 193 Å². The van der Waals surface area contributed by atoms with Crippen LogP contribution in [0.3, 0.4) is 0 Å². The standard InChI is InChI=1S/C27H32F3NO2/c1-25-13-11-19(32)15-17(25)5-8-20-21-9-10-23(26(21,2)14-12-22(20)25)24(33)31-18-6-3-16(4-7-18)27(28,29)30/h3-7,20-23H,8-15H2,1-2H3,(H,31,33)/t20?,21?,22?,23-,25+,26+/m1/s1. The lowest BCUT2D eigenvalue weighted by molar-refractivity contribution is -0.137. The number of amides is 1. The van der Waals surface area contributed by atoms with Gasteiger partial charge in [0.1, 0.15) is 5.78 Å². The lowest BCUT2D eigenvalue weighted by atomic mass is 9.47. The van der Waals surface area contributed by atoms with Gasteiger partial charge in [0.2, 0.25) is 5.91 Å². The number of hydrogen-bond acceptors (Lipinski definition) is 2. The highest BCUT2D eigenvalue weighted by atomic mass is 19.4. The second kappa shape index (κ2) is 7.71. The predicted octanol–water partition coefficient (Wildman–Crippen LogP) is 6.79. The van der Waals surface area contributed by atoms with Gasteiger partial charge in [-0.3, -0.25) is 9.59 Å². The molecule has 0 spiro atoms. The van der Waals surface area contributed by atoms with Crippen LogP contribution in [0.4, 0.5) is 18.9 Å². The molecular weight excluding hydrogens is 427 g/mol. The minimum absolute atomic E-state index is 0.0697. The summed E-state index contributed by atoms with van der Waals surface area (Å²) in [6.07, 6.45) is 5.07. The van der Waals surface area contributed by atoms with Crippen molar-refractivity contribution in [3.05, 3.63) is 41.5 Å². The van der Waals surface area contributed by atoms with Crippen LogP contribution in [0.2, 0.25) is 0 Å². The topological polar surface area (TPSA) is 46.2 Å². The molecule has 3 unspecified atom stereocenters. The molecule has 1 N–H and O–H groups in total. The van der Waals surface area contributed by atoms with Gasteiger partial charge in [-0.25, -0.2) is 0 Å². The van der Waals surface area contributed by atoms with E-state index in [1.165, 1.54) is 17.7 Å². The van der Waals surface area contributed by atoms with Crippen molar-refractivity contribution < 1.29 is 22.8 Å². The zero-order valence-corrected chi connectivity index (χ0v) is 19.3. The van der Waals surface area contributed by atoms with Gasteiger partial charge in [0.05, 0.1) is 5.56 Å². The first kappa shape index (κ1) is 22.7. The number of carbonyl (C=O) groups is 2. The maximum atomic E-state index is 13.3. The van der Waals surface area contributed by atoms with Crippen molar-refractivity contribution in [1.29, 1.82) is 0 Å². The second-order valence-electron chi connectivity index (χ2n) is 11.2. The number of nitrogens with one attached hydrogen (secondary N) is 1. The van der Waals surface area contributed by atoms with Crippen LogP contribution in [0.5, 0.6) is 0 Å². The third-order valence-electron chi connectivity index (χ3n) is 9.73. The van der Waals surface area contributed by atoms with Crippen molar-refractivity contribution in [2.45, 2.75) is 71.4 Å². The summed E-state index contributed by atoms with van der Waals surface area (Å²) in [6.45, 7) is 4.61. The van der Waals surface area contributed by atoms with E-state index < -0.39 is 11.7 Å². The van der Waals surface area contributed by atoms with Gasteiger partial charge in [-0.2, -0.15) is 13.2 Å². The number of ketones is 1. The first-order valence-corrected chi connectivity index (χ1v) is 12.2. The normalized spacial score (nSPS) is 38.1. The summed E-state index contributed by atoms with van der Waals surface area (Å²) in [7, 11) is 0. The zero-order chi connectivity index (χ0) is 23.6. The van der Waals surface area contributed by atoms with Crippen LogP contribution in [-0.4, -0.2) is 11.7 Å². The molecule has 1 amide bonds. The molecule has 4 aliphatic rings. The van der Waals surface area contributed by atoms with E-state index in [4.69, 9.17) is 0 Å². The average molecular weight is 460 g/mol. The molecule has 178 valence electrons. The lowest BCUT2D eigenvalue weighted by Gasteiger charge is -2.57. The molecule has 3 saturated carbocycles. The van der Waals surface area contributed by atoms with Gasteiger partial charge in [-0.05, 0) is 91.4 Å². The Balaban J connectivity index is 1.33. The summed E-state index contributed by atoms with van der Waals surface area (Å²) >= 11 is 0. The van der Waals surface area contributed by atoms with E-state index in [2.05, 4.69) is 25.2 Å². The molecule has 0 radical (unpaired) electrons. The maximum absolute atomic E-state index is 13.3.